The molecule has 0 bridgehead atoms. The number of carbonyl (C=O) groups is 2. The van der Waals surface area contributed by atoms with Crippen LogP contribution in [-0.4, -0.2) is 24.0 Å². The smallest absolute Gasteiger partial charge is 0.339 e. The van der Waals surface area contributed by atoms with Crippen molar-refractivity contribution in [2.24, 2.45) is 0 Å². The molecule has 0 N–H and O–H groups in total. The monoisotopic (exact) mass is 410 g/mol. The van der Waals surface area contributed by atoms with E-state index in [9.17, 15) is 14.9 Å². The molecular formula is C26H22N2O3. The van der Waals surface area contributed by atoms with Crippen molar-refractivity contribution in [1.82, 2.24) is 0 Å². The first-order chi connectivity index (χ1) is 15.0. The van der Waals surface area contributed by atoms with Crippen molar-refractivity contribution in [3.63, 3.8) is 0 Å². The Labute approximate surface area is 181 Å². The SMILES string of the molecule is C[C@H](OC(=O)c1ccccc1-c1ccccc1C#N)C(=O)N1c2ccccc2C[C@@H]1C. The Bertz CT molecular complexity index is 1200. The summed E-state index contributed by atoms with van der Waals surface area (Å²) in [7, 11) is 0. The maximum Gasteiger partial charge on any atom is 0.339 e. The zero-order chi connectivity index (χ0) is 22.0. The lowest BCUT2D eigenvalue weighted by Crippen LogP contribution is -2.43. The van der Waals surface area contributed by atoms with Gasteiger partial charge in [-0.1, -0.05) is 54.6 Å². The molecule has 0 spiro atoms. The third-order valence-corrected chi connectivity index (χ3v) is 5.56. The summed E-state index contributed by atoms with van der Waals surface area (Å²) in [6.07, 6.45) is -0.170. The van der Waals surface area contributed by atoms with E-state index in [0.717, 1.165) is 17.7 Å². The maximum absolute atomic E-state index is 13.1. The summed E-state index contributed by atoms with van der Waals surface area (Å²) in [5, 5.41) is 9.44. The fraction of sp³-hybridized carbons (Fsp3) is 0.192. The van der Waals surface area contributed by atoms with E-state index in [1.165, 1.54) is 0 Å². The molecule has 5 heteroatoms. The number of fused-ring (bicyclic) bond motifs is 1. The number of ether oxygens (including phenoxy) is 1. The second kappa shape index (κ2) is 8.45. The van der Waals surface area contributed by atoms with E-state index in [1.807, 2.05) is 37.3 Å². The molecular weight excluding hydrogens is 388 g/mol. The average molecular weight is 410 g/mol. The second-order valence-electron chi connectivity index (χ2n) is 7.64. The van der Waals surface area contributed by atoms with Crippen LogP contribution >= 0.6 is 0 Å². The minimum Gasteiger partial charge on any atom is -0.449 e. The number of nitriles is 1. The fourth-order valence-electron chi connectivity index (χ4n) is 4.08. The summed E-state index contributed by atoms with van der Waals surface area (Å²) in [5.41, 5.74) is 4.02. The van der Waals surface area contributed by atoms with Gasteiger partial charge in [-0.05, 0) is 49.6 Å². The minimum absolute atomic E-state index is 0.000781. The van der Waals surface area contributed by atoms with Crippen LogP contribution in [0.15, 0.2) is 72.8 Å². The van der Waals surface area contributed by atoms with Crippen molar-refractivity contribution in [3.8, 4) is 17.2 Å². The number of para-hydroxylation sites is 1. The zero-order valence-electron chi connectivity index (χ0n) is 17.4. The van der Waals surface area contributed by atoms with Crippen molar-refractivity contribution in [3.05, 3.63) is 89.5 Å². The van der Waals surface area contributed by atoms with Crippen molar-refractivity contribution >= 4 is 17.6 Å². The lowest BCUT2D eigenvalue weighted by molar-refractivity contribution is -0.126. The van der Waals surface area contributed by atoms with Gasteiger partial charge in [0, 0.05) is 17.3 Å². The summed E-state index contributed by atoms with van der Waals surface area (Å²) in [5.74, 6) is -0.843. The Hall–Kier alpha value is -3.91. The highest BCUT2D eigenvalue weighted by molar-refractivity contribution is 6.02. The van der Waals surface area contributed by atoms with Crippen LogP contribution in [0.25, 0.3) is 11.1 Å². The van der Waals surface area contributed by atoms with E-state index < -0.39 is 12.1 Å². The standard InChI is InChI=1S/C26H22N2O3/c1-17-15-19-9-4-8-14-24(19)28(17)25(29)18(2)31-26(30)23-13-7-6-12-22(23)21-11-5-3-10-20(21)16-27/h3-14,17-18H,15H2,1-2H3/t17-,18-/m0/s1. The number of benzene rings is 3. The fourth-order valence-corrected chi connectivity index (χ4v) is 4.08. The molecule has 1 heterocycles. The van der Waals surface area contributed by atoms with E-state index in [0.29, 0.717) is 22.3 Å². The van der Waals surface area contributed by atoms with Gasteiger partial charge >= 0.3 is 5.97 Å². The number of carbonyl (C=O) groups excluding carboxylic acids is 2. The molecule has 0 radical (unpaired) electrons. The zero-order valence-corrected chi connectivity index (χ0v) is 17.4. The molecule has 1 aliphatic heterocycles. The van der Waals surface area contributed by atoms with Gasteiger partial charge in [-0.15, -0.1) is 0 Å². The predicted octanol–water partition coefficient (Wildman–Crippen LogP) is 4.75. The molecule has 1 aliphatic rings. The van der Waals surface area contributed by atoms with Gasteiger partial charge in [0.1, 0.15) is 0 Å². The summed E-state index contributed by atoms with van der Waals surface area (Å²) < 4.78 is 5.60. The first-order valence-electron chi connectivity index (χ1n) is 10.2. The van der Waals surface area contributed by atoms with Gasteiger partial charge in [0.05, 0.1) is 17.2 Å². The number of hydrogen-bond acceptors (Lipinski definition) is 4. The van der Waals surface area contributed by atoms with E-state index in [4.69, 9.17) is 4.74 Å². The summed E-state index contributed by atoms with van der Waals surface area (Å²) in [4.78, 5) is 27.9. The molecule has 154 valence electrons. The van der Waals surface area contributed by atoms with E-state index in [2.05, 4.69) is 6.07 Å². The number of esters is 1. The molecule has 0 aliphatic carbocycles. The van der Waals surface area contributed by atoms with Gasteiger partial charge in [-0.2, -0.15) is 5.26 Å². The van der Waals surface area contributed by atoms with Crippen LogP contribution in [0, 0.1) is 11.3 Å². The lowest BCUT2D eigenvalue weighted by atomic mass is 9.96. The highest BCUT2D eigenvalue weighted by atomic mass is 16.5. The molecule has 0 saturated carbocycles. The van der Waals surface area contributed by atoms with Gasteiger partial charge < -0.3 is 9.64 Å². The molecule has 3 aromatic rings. The highest BCUT2D eigenvalue weighted by Gasteiger charge is 2.34. The maximum atomic E-state index is 13.1. The van der Waals surface area contributed by atoms with Gasteiger partial charge in [0.15, 0.2) is 6.10 Å². The number of rotatable bonds is 4. The first-order valence-corrected chi connectivity index (χ1v) is 10.2. The third-order valence-electron chi connectivity index (χ3n) is 5.56. The molecule has 5 nitrogen and oxygen atoms in total. The number of amides is 1. The van der Waals surface area contributed by atoms with Crippen LogP contribution in [-0.2, 0) is 16.0 Å². The first kappa shape index (κ1) is 20.4. The van der Waals surface area contributed by atoms with Crippen LogP contribution in [0.1, 0.15) is 35.3 Å². The molecule has 0 unspecified atom stereocenters. The Morgan fingerprint density at radius 1 is 1.00 bits per heavy atom. The Morgan fingerprint density at radius 2 is 1.65 bits per heavy atom. The molecule has 2 atom stereocenters. The number of hydrogen-bond donors (Lipinski definition) is 0. The summed E-state index contributed by atoms with van der Waals surface area (Å²) in [6, 6.07) is 24.0. The van der Waals surface area contributed by atoms with Gasteiger partial charge in [-0.3, -0.25) is 4.79 Å². The van der Waals surface area contributed by atoms with Crippen LogP contribution < -0.4 is 4.90 Å². The van der Waals surface area contributed by atoms with Crippen molar-refractivity contribution in [1.29, 1.82) is 5.26 Å². The third kappa shape index (κ3) is 3.80. The number of anilines is 1. The summed E-state index contributed by atoms with van der Waals surface area (Å²) in [6.45, 7) is 3.58. The van der Waals surface area contributed by atoms with Crippen LogP contribution in [0.3, 0.4) is 0 Å². The van der Waals surface area contributed by atoms with Gasteiger partial charge in [0.2, 0.25) is 0 Å². The highest BCUT2D eigenvalue weighted by Crippen LogP contribution is 2.33. The normalized spacial score (nSPS) is 15.6. The van der Waals surface area contributed by atoms with Crippen LogP contribution in [0.2, 0.25) is 0 Å². The molecule has 0 fully saturated rings. The summed E-state index contributed by atoms with van der Waals surface area (Å²) >= 11 is 0. The van der Waals surface area contributed by atoms with E-state index in [-0.39, 0.29) is 11.9 Å². The molecule has 31 heavy (non-hydrogen) atoms. The topological polar surface area (TPSA) is 70.4 Å². The lowest BCUT2D eigenvalue weighted by Gasteiger charge is -2.26. The molecule has 1 amide bonds. The molecule has 0 aromatic heterocycles. The largest absolute Gasteiger partial charge is 0.449 e. The minimum atomic E-state index is -0.944. The van der Waals surface area contributed by atoms with E-state index in [1.54, 1.807) is 54.3 Å². The van der Waals surface area contributed by atoms with Crippen LogP contribution in [0.5, 0.6) is 0 Å². The quantitative estimate of drug-likeness (QED) is 0.582. The van der Waals surface area contributed by atoms with E-state index >= 15 is 0 Å². The molecule has 3 aromatic carbocycles. The Kier molecular flexibility index (Phi) is 5.55. The van der Waals surface area contributed by atoms with Gasteiger partial charge in [0.25, 0.3) is 5.91 Å². The van der Waals surface area contributed by atoms with Crippen molar-refractivity contribution < 1.29 is 14.3 Å². The number of nitrogens with zero attached hydrogens (tertiary/aromatic N) is 2. The Morgan fingerprint density at radius 3 is 2.42 bits per heavy atom. The van der Waals surface area contributed by atoms with Crippen molar-refractivity contribution in [2.45, 2.75) is 32.4 Å². The molecule has 4 rings (SSSR count). The predicted molar refractivity (Wildman–Crippen MR) is 119 cm³/mol. The Balaban J connectivity index is 1.59. The average Bonchev–Trinajstić information content (AvgIpc) is 3.14. The van der Waals surface area contributed by atoms with Gasteiger partial charge in [-0.25, -0.2) is 4.79 Å². The van der Waals surface area contributed by atoms with Crippen molar-refractivity contribution in [2.75, 3.05) is 4.90 Å². The molecule has 0 saturated heterocycles. The van der Waals surface area contributed by atoms with Crippen LogP contribution in [0.4, 0.5) is 5.69 Å². The second-order valence-corrected chi connectivity index (χ2v) is 7.64.